The smallest absolute Gasteiger partial charge is 0.224 e. The van der Waals surface area contributed by atoms with Gasteiger partial charge in [-0.3, -0.25) is 14.5 Å². The highest BCUT2D eigenvalue weighted by atomic mass is 16.3. The number of hydrogen-bond acceptors (Lipinski definition) is 4. The number of aryl methyl sites for hydroxylation is 1. The van der Waals surface area contributed by atoms with Crippen molar-refractivity contribution in [3.8, 4) is 17.1 Å². The fourth-order valence-corrected chi connectivity index (χ4v) is 4.04. The third-order valence-corrected chi connectivity index (χ3v) is 5.45. The molecule has 0 saturated carbocycles. The summed E-state index contributed by atoms with van der Waals surface area (Å²) in [6.45, 7) is 0.579. The lowest BCUT2D eigenvalue weighted by Crippen LogP contribution is -2.42. The molecule has 5 rings (SSSR count). The Labute approximate surface area is 167 Å². The molecule has 29 heavy (non-hydrogen) atoms. The first-order valence-electron chi connectivity index (χ1n) is 9.47. The third-order valence-electron chi connectivity index (χ3n) is 5.45. The zero-order valence-electron chi connectivity index (χ0n) is 15.9. The second kappa shape index (κ2) is 6.67. The first-order valence-corrected chi connectivity index (χ1v) is 9.47. The maximum Gasteiger partial charge on any atom is 0.224 e. The number of nitrogens with zero attached hydrogens (tertiary/aromatic N) is 4. The summed E-state index contributed by atoms with van der Waals surface area (Å²) in [7, 11) is 1.93. The molecule has 1 N–H and O–H groups in total. The molecule has 0 spiro atoms. The summed E-state index contributed by atoms with van der Waals surface area (Å²) in [5.41, 5.74) is 3.84. The highest BCUT2D eigenvalue weighted by Crippen LogP contribution is 2.38. The van der Waals surface area contributed by atoms with Gasteiger partial charge in [0.25, 0.3) is 0 Å². The predicted octanol–water partition coefficient (Wildman–Crippen LogP) is 3.20. The van der Waals surface area contributed by atoms with Crippen LogP contribution in [-0.2, 0) is 13.6 Å². The van der Waals surface area contributed by atoms with E-state index >= 15 is 0 Å². The van der Waals surface area contributed by atoms with Crippen LogP contribution in [0.1, 0.15) is 22.9 Å². The van der Waals surface area contributed by atoms with Gasteiger partial charge in [0.1, 0.15) is 11.4 Å². The fourth-order valence-electron chi connectivity index (χ4n) is 4.04. The predicted molar refractivity (Wildman–Crippen MR) is 111 cm³/mol. The van der Waals surface area contributed by atoms with Crippen molar-refractivity contribution in [3.05, 3.63) is 106 Å². The summed E-state index contributed by atoms with van der Waals surface area (Å²) < 4.78 is 3.80. The maximum absolute atomic E-state index is 12.2. The van der Waals surface area contributed by atoms with Crippen LogP contribution in [0.3, 0.4) is 0 Å². The molecule has 0 atom stereocenters. The number of hydrogen-bond donors (Lipinski definition) is 1. The molecule has 0 unspecified atom stereocenters. The molecule has 2 aromatic carbocycles. The Morgan fingerprint density at radius 1 is 0.966 bits per heavy atom. The van der Waals surface area contributed by atoms with E-state index in [4.69, 9.17) is 0 Å². The molecule has 0 bridgehead atoms. The minimum Gasteiger partial charge on any atom is -0.503 e. The van der Waals surface area contributed by atoms with Crippen molar-refractivity contribution in [2.45, 2.75) is 12.6 Å². The van der Waals surface area contributed by atoms with E-state index in [0.29, 0.717) is 17.9 Å². The summed E-state index contributed by atoms with van der Waals surface area (Å²) in [6, 6.07) is 21.8. The molecule has 0 radical (unpaired) electrons. The normalized spacial score (nSPS) is 12.7. The summed E-state index contributed by atoms with van der Waals surface area (Å²) in [5.74, 6) is -0.281. The van der Waals surface area contributed by atoms with E-state index < -0.39 is 5.43 Å². The van der Waals surface area contributed by atoms with E-state index in [1.807, 2.05) is 52.7 Å². The van der Waals surface area contributed by atoms with Gasteiger partial charge in [-0.25, -0.2) is 4.98 Å². The lowest BCUT2D eigenvalue weighted by molar-refractivity contribution is 0.446. The van der Waals surface area contributed by atoms with Crippen molar-refractivity contribution in [1.29, 1.82) is 0 Å². The van der Waals surface area contributed by atoms with Crippen molar-refractivity contribution in [2.24, 2.45) is 7.05 Å². The van der Waals surface area contributed by atoms with Gasteiger partial charge in [0.2, 0.25) is 5.43 Å². The highest BCUT2D eigenvalue weighted by Gasteiger charge is 2.33. The van der Waals surface area contributed by atoms with Crippen molar-refractivity contribution >= 4 is 0 Å². The van der Waals surface area contributed by atoms with Gasteiger partial charge in [-0.2, -0.15) is 0 Å². The Balaban J connectivity index is 1.78. The van der Waals surface area contributed by atoms with E-state index in [2.05, 4.69) is 34.3 Å². The van der Waals surface area contributed by atoms with Gasteiger partial charge in [-0.05, 0) is 11.1 Å². The van der Waals surface area contributed by atoms with Gasteiger partial charge in [-0.1, -0.05) is 60.7 Å². The molecular weight excluding hydrogens is 364 g/mol. The summed E-state index contributed by atoms with van der Waals surface area (Å²) in [5, 5.41) is 12.8. The largest absolute Gasteiger partial charge is 0.503 e. The first-order chi connectivity index (χ1) is 14.1. The SMILES string of the molecule is Cn1cnc2c1CN(C(c1ccccc1)c1ccccc1)n1ccc(=O)c(O)c1-2. The lowest BCUT2D eigenvalue weighted by Gasteiger charge is -2.40. The van der Waals surface area contributed by atoms with Crippen LogP contribution in [0.4, 0.5) is 0 Å². The Morgan fingerprint density at radius 3 is 2.21 bits per heavy atom. The number of benzene rings is 2. The average molecular weight is 384 g/mol. The van der Waals surface area contributed by atoms with Crippen molar-refractivity contribution < 1.29 is 5.11 Å². The van der Waals surface area contributed by atoms with E-state index in [1.54, 1.807) is 12.5 Å². The minimum absolute atomic E-state index is 0.110. The van der Waals surface area contributed by atoms with E-state index in [0.717, 1.165) is 16.8 Å². The molecule has 3 heterocycles. The standard InChI is InChI=1S/C23H20N4O2/c1-25-15-24-20-18(25)14-27(26-13-12-19(28)23(29)22(20)26)21(16-8-4-2-5-9-16)17-10-6-3-7-11-17/h2-13,15,21,29H,14H2,1H3. The van der Waals surface area contributed by atoms with Gasteiger partial charge >= 0.3 is 0 Å². The molecule has 1 aliphatic heterocycles. The monoisotopic (exact) mass is 384 g/mol. The molecule has 2 aromatic heterocycles. The average Bonchev–Trinajstić information content (AvgIpc) is 3.13. The van der Waals surface area contributed by atoms with Crippen molar-refractivity contribution in [1.82, 2.24) is 14.2 Å². The van der Waals surface area contributed by atoms with Crippen LogP contribution in [-0.4, -0.2) is 19.3 Å². The molecule has 1 aliphatic rings. The van der Waals surface area contributed by atoms with E-state index in [1.165, 1.54) is 6.07 Å². The van der Waals surface area contributed by atoms with Gasteiger partial charge in [-0.15, -0.1) is 0 Å². The van der Waals surface area contributed by atoms with Crippen LogP contribution in [0, 0.1) is 0 Å². The summed E-state index contributed by atoms with van der Waals surface area (Å²) in [6.07, 6.45) is 3.43. The molecule has 0 saturated heterocycles. The number of aromatic hydroxyl groups is 1. The zero-order valence-corrected chi connectivity index (χ0v) is 15.9. The lowest BCUT2D eigenvalue weighted by atomic mass is 9.97. The van der Waals surface area contributed by atoms with Crippen LogP contribution < -0.4 is 10.4 Å². The topological polar surface area (TPSA) is 63.3 Å². The Hall–Kier alpha value is -3.80. The van der Waals surface area contributed by atoms with E-state index in [9.17, 15) is 9.90 Å². The van der Waals surface area contributed by atoms with Crippen LogP contribution in [0.15, 0.2) is 84.0 Å². The quantitative estimate of drug-likeness (QED) is 0.589. The molecule has 6 heteroatoms. The third kappa shape index (κ3) is 2.72. The zero-order chi connectivity index (χ0) is 20.0. The molecule has 144 valence electrons. The van der Waals surface area contributed by atoms with Gasteiger partial charge in [0.05, 0.1) is 24.6 Å². The van der Waals surface area contributed by atoms with Crippen molar-refractivity contribution in [2.75, 3.05) is 5.01 Å². The second-order valence-corrected chi connectivity index (χ2v) is 7.19. The van der Waals surface area contributed by atoms with Crippen molar-refractivity contribution in [3.63, 3.8) is 0 Å². The van der Waals surface area contributed by atoms with Gasteiger partial charge in [0, 0.05) is 19.3 Å². The fraction of sp³-hybridized carbons (Fsp3) is 0.130. The Morgan fingerprint density at radius 2 is 1.59 bits per heavy atom. The number of rotatable bonds is 3. The second-order valence-electron chi connectivity index (χ2n) is 7.19. The molecule has 0 amide bonds. The van der Waals surface area contributed by atoms with Gasteiger partial charge in [0.15, 0.2) is 5.75 Å². The van der Waals surface area contributed by atoms with Gasteiger partial charge < -0.3 is 9.67 Å². The molecule has 0 fully saturated rings. The number of fused-ring (bicyclic) bond motifs is 3. The Kier molecular flexibility index (Phi) is 3.98. The van der Waals surface area contributed by atoms with Crippen LogP contribution >= 0.6 is 0 Å². The van der Waals surface area contributed by atoms with Crippen LogP contribution in [0.5, 0.6) is 5.75 Å². The highest BCUT2D eigenvalue weighted by molar-refractivity contribution is 5.68. The number of imidazole rings is 1. The minimum atomic E-state index is -0.411. The first kappa shape index (κ1) is 17.3. The Bertz CT molecular complexity index is 1190. The van der Waals surface area contributed by atoms with Crippen LogP contribution in [0.25, 0.3) is 11.4 Å². The maximum atomic E-state index is 12.2. The van der Waals surface area contributed by atoms with E-state index in [-0.39, 0.29) is 11.8 Å². The molecule has 6 nitrogen and oxygen atoms in total. The summed E-state index contributed by atoms with van der Waals surface area (Å²) in [4.78, 5) is 16.7. The van der Waals surface area contributed by atoms with Crippen LogP contribution in [0.2, 0.25) is 0 Å². The molecule has 0 aliphatic carbocycles. The molecule has 4 aromatic rings. The molecular formula is C23H20N4O2. The number of pyridine rings is 1. The number of aromatic nitrogens is 3. The summed E-state index contributed by atoms with van der Waals surface area (Å²) >= 11 is 0.